The van der Waals surface area contributed by atoms with Gasteiger partial charge in [-0.05, 0) is 58.2 Å². The van der Waals surface area contributed by atoms with Crippen molar-refractivity contribution in [3.63, 3.8) is 0 Å². The van der Waals surface area contributed by atoms with E-state index in [1.807, 2.05) is 58.9 Å². The molecule has 34 heavy (non-hydrogen) atoms. The van der Waals surface area contributed by atoms with Gasteiger partial charge in [0, 0.05) is 11.1 Å². The van der Waals surface area contributed by atoms with Gasteiger partial charge in [-0.2, -0.15) is 0 Å². The Morgan fingerprint density at radius 1 is 1.06 bits per heavy atom. The summed E-state index contributed by atoms with van der Waals surface area (Å²) in [6.07, 6.45) is 2.16. The number of fused-ring (bicyclic) bond motifs is 1. The van der Waals surface area contributed by atoms with Gasteiger partial charge >= 0.3 is 5.97 Å². The van der Waals surface area contributed by atoms with Crippen molar-refractivity contribution in [2.24, 2.45) is 0 Å². The molecule has 0 saturated heterocycles. The third-order valence-electron chi connectivity index (χ3n) is 5.54. The standard InChI is InChI=1S/C26H33NO6S/c1-16-10-12-19(13-11-16)20-18(3)23-22(27-34(29,30)15-9-8-14-32-23)17(2)21(20)24(25(28)31-7)33-26(4,5)6/h8-13,24,27H,14-15H2,1-7H3/b9-8-/t24-/m0/s1. The molecule has 1 atom stereocenters. The van der Waals surface area contributed by atoms with Crippen molar-refractivity contribution in [1.82, 2.24) is 0 Å². The lowest BCUT2D eigenvalue weighted by Crippen LogP contribution is -2.29. The molecule has 0 aromatic heterocycles. The van der Waals surface area contributed by atoms with Gasteiger partial charge in [-0.3, -0.25) is 4.72 Å². The molecule has 0 amide bonds. The minimum absolute atomic E-state index is 0.178. The van der Waals surface area contributed by atoms with Gasteiger partial charge in [0.1, 0.15) is 12.4 Å². The van der Waals surface area contributed by atoms with Crippen LogP contribution in [0.4, 0.5) is 5.69 Å². The molecule has 2 aromatic rings. The molecule has 0 fully saturated rings. The molecular weight excluding hydrogens is 454 g/mol. The van der Waals surface area contributed by atoms with Crippen LogP contribution in [-0.2, 0) is 24.3 Å². The molecule has 0 radical (unpaired) electrons. The van der Waals surface area contributed by atoms with E-state index in [0.717, 1.165) is 16.7 Å². The van der Waals surface area contributed by atoms with E-state index in [4.69, 9.17) is 14.2 Å². The Balaban J connectivity index is 2.43. The van der Waals surface area contributed by atoms with Crippen molar-refractivity contribution < 1.29 is 27.4 Å². The maximum absolute atomic E-state index is 13.0. The van der Waals surface area contributed by atoms with E-state index in [0.29, 0.717) is 28.1 Å². The van der Waals surface area contributed by atoms with Gasteiger partial charge in [-0.1, -0.05) is 42.0 Å². The van der Waals surface area contributed by atoms with Crippen LogP contribution in [0.15, 0.2) is 36.4 Å². The average Bonchev–Trinajstić information content (AvgIpc) is 2.82. The molecule has 0 unspecified atom stereocenters. The number of carbonyl (C=O) groups excluding carboxylic acids is 1. The van der Waals surface area contributed by atoms with E-state index in [1.54, 1.807) is 19.1 Å². The maximum Gasteiger partial charge on any atom is 0.339 e. The fourth-order valence-corrected chi connectivity index (χ4v) is 5.03. The number of sulfonamides is 1. The highest BCUT2D eigenvalue weighted by molar-refractivity contribution is 7.92. The molecule has 7 nitrogen and oxygen atoms in total. The first kappa shape index (κ1) is 25.8. The number of anilines is 1. The first-order valence-corrected chi connectivity index (χ1v) is 12.8. The first-order valence-electron chi connectivity index (χ1n) is 11.1. The zero-order chi connectivity index (χ0) is 25.3. The highest BCUT2D eigenvalue weighted by Gasteiger charge is 2.35. The Hall–Kier alpha value is -2.84. The second kappa shape index (κ2) is 9.80. The summed E-state index contributed by atoms with van der Waals surface area (Å²) in [5.74, 6) is -0.326. The minimum Gasteiger partial charge on any atom is -0.487 e. The summed E-state index contributed by atoms with van der Waals surface area (Å²) < 4.78 is 45.6. The molecule has 1 aliphatic rings. The maximum atomic E-state index is 13.0. The quantitative estimate of drug-likeness (QED) is 0.482. The largest absolute Gasteiger partial charge is 0.487 e. The fraction of sp³-hybridized carbons (Fsp3) is 0.423. The minimum atomic E-state index is -3.68. The molecule has 1 N–H and O–H groups in total. The topological polar surface area (TPSA) is 90.9 Å². The molecule has 1 aliphatic heterocycles. The van der Waals surface area contributed by atoms with Gasteiger partial charge in [0.05, 0.1) is 24.2 Å². The number of ether oxygens (including phenoxy) is 3. The van der Waals surface area contributed by atoms with Gasteiger partial charge in [-0.25, -0.2) is 13.2 Å². The summed E-state index contributed by atoms with van der Waals surface area (Å²) in [7, 11) is -2.37. The molecule has 0 aliphatic carbocycles. The van der Waals surface area contributed by atoms with Gasteiger partial charge in [0.2, 0.25) is 10.0 Å². The van der Waals surface area contributed by atoms with Crippen molar-refractivity contribution in [3.05, 3.63) is 58.7 Å². The van der Waals surface area contributed by atoms with Crippen molar-refractivity contribution in [2.45, 2.75) is 53.2 Å². The van der Waals surface area contributed by atoms with Crippen molar-refractivity contribution in [3.8, 4) is 16.9 Å². The van der Waals surface area contributed by atoms with Crippen LogP contribution in [0.3, 0.4) is 0 Å². The van der Waals surface area contributed by atoms with E-state index in [9.17, 15) is 13.2 Å². The predicted octanol–water partition coefficient (Wildman–Crippen LogP) is 5.00. The summed E-state index contributed by atoms with van der Waals surface area (Å²) in [5.41, 5.74) is 4.11. The second-order valence-electron chi connectivity index (χ2n) is 9.41. The highest BCUT2D eigenvalue weighted by Crippen LogP contribution is 2.47. The molecule has 0 spiro atoms. The van der Waals surface area contributed by atoms with Crippen LogP contribution in [0.5, 0.6) is 5.75 Å². The summed E-state index contributed by atoms with van der Waals surface area (Å²) in [6, 6.07) is 7.91. The fourth-order valence-electron chi connectivity index (χ4n) is 4.00. The number of carbonyl (C=O) groups is 1. The average molecular weight is 488 g/mol. The van der Waals surface area contributed by atoms with Crippen LogP contribution in [0, 0.1) is 20.8 Å². The molecule has 184 valence electrons. The van der Waals surface area contributed by atoms with Gasteiger partial charge in [0.15, 0.2) is 6.10 Å². The molecular formula is C26H33NO6S. The smallest absolute Gasteiger partial charge is 0.339 e. The Morgan fingerprint density at radius 3 is 2.29 bits per heavy atom. The van der Waals surface area contributed by atoms with E-state index >= 15 is 0 Å². The number of benzene rings is 2. The zero-order valence-electron chi connectivity index (χ0n) is 20.8. The number of hydrogen-bond acceptors (Lipinski definition) is 6. The normalized spacial score (nSPS) is 17.1. The molecule has 8 heteroatoms. The number of methoxy groups -OCH3 is 1. The van der Waals surface area contributed by atoms with Gasteiger partial charge < -0.3 is 14.2 Å². The predicted molar refractivity (Wildman–Crippen MR) is 134 cm³/mol. The Bertz CT molecular complexity index is 1210. The Labute approximate surface area is 202 Å². The zero-order valence-corrected chi connectivity index (χ0v) is 21.6. The van der Waals surface area contributed by atoms with E-state index in [-0.39, 0.29) is 12.4 Å². The van der Waals surface area contributed by atoms with Crippen LogP contribution >= 0.6 is 0 Å². The SMILES string of the molecule is COC(=O)[C@@H](OC(C)(C)C)c1c(C)c2c(c(C)c1-c1ccc(C)cc1)OC/C=C\CS(=O)(=O)N2. The number of aryl methyl sites for hydroxylation is 1. The van der Waals surface area contributed by atoms with Gasteiger partial charge in [-0.15, -0.1) is 0 Å². The number of rotatable bonds is 4. The third kappa shape index (κ3) is 5.62. The molecule has 1 heterocycles. The summed E-state index contributed by atoms with van der Waals surface area (Å²) in [4.78, 5) is 13.0. The lowest BCUT2D eigenvalue weighted by atomic mass is 9.86. The lowest BCUT2D eigenvalue weighted by molar-refractivity contribution is -0.164. The summed E-state index contributed by atoms with van der Waals surface area (Å²) >= 11 is 0. The van der Waals surface area contributed by atoms with Crippen LogP contribution in [0.2, 0.25) is 0 Å². The third-order valence-corrected chi connectivity index (χ3v) is 6.69. The Morgan fingerprint density at radius 2 is 1.71 bits per heavy atom. The molecule has 2 aromatic carbocycles. The van der Waals surface area contributed by atoms with Crippen LogP contribution in [0.25, 0.3) is 11.1 Å². The first-order chi connectivity index (χ1) is 15.8. The van der Waals surface area contributed by atoms with Crippen LogP contribution in [-0.4, -0.2) is 39.5 Å². The number of nitrogens with one attached hydrogen (secondary N) is 1. The van der Waals surface area contributed by atoms with Crippen molar-refractivity contribution in [1.29, 1.82) is 0 Å². The Kier molecular flexibility index (Phi) is 7.43. The van der Waals surface area contributed by atoms with Crippen molar-refractivity contribution in [2.75, 3.05) is 24.2 Å². The number of hydrogen-bond donors (Lipinski definition) is 1. The van der Waals surface area contributed by atoms with E-state index < -0.39 is 27.7 Å². The molecule has 3 rings (SSSR count). The number of esters is 1. The van der Waals surface area contributed by atoms with Gasteiger partial charge in [0.25, 0.3) is 0 Å². The van der Waals surface area contributed by atoms with E-state index in [2.05, 4.69) is 4.72 Å². The van der Waals surface area contributed by atoms with Crippen LogP contribution in [0.1, 0.15) is 49.1 Å². The van der Waals surface area contributed by atoms with E-state index in [1.165, 1.54) is 7.11 Å². The lowest BCUT2D eigenvalue weighted by Gasteiger charge is -2.31. The van der Waals surface area contributed by atoms with Crippen molar-refractivity contribution >= 4 is 21.7 Å². The van der Waals surface area contributed by atoms with Crippen LogP contribution < -0.4 is 9.46 Å². The summed E-state index contributed by atoms with van der Waals surface area (Å²) in [5, 5.41) is 0. The molecule has 0 saturated carbocycles. The highest BCUT2D eigenvalue weighted by atomic mass is 32.2. The second-order valence-corrected chi connectivity index (χ2v) is 11.2. The monoisotopic (exact) mass is 487 g/mol. The summed E-state index contributed by atoms with van der Waals surface area (Å²) in [6.45, 7) is 11.4. The molecule has 0 bridgehead atoms.